The van der Waals surface area contributed by atoms with E-state index in [0.29, 0.717) is 0 Å². The van der Waals surface area contributed by atoms with Crippen LogP contribution in [0.1, 0.15) is 17.3 Å². The van der Waals surface area contributed by atoms with Gasteiger partial charge in [0.2, 0.25) is 0 Å². The lowest BCUT2D eigenvalue weighted by atomic mass is 10.2. The number of benzene rings is 1. The summed E-state index contributed by atoms with van der Waals surface area (Å²) in [5.41, 5.74) is -0.338. The van der Waals surface area contributed by atoms with Gasteiger partial charge in [0.25, 0.3) is 0 Å². The van der Waals surface area contributed by atoms with Crippen molar-refractivity contribution < 1.29 is 27.8 Å². The van der Waals surface area contributed by atoms with Gasteiger partial charge in [-0.25, -0.2) is 13.6 Å². The summed E-state index contributed by atoms with van der Waals surface area (Å²) in [4.78, 5) is 21.4. The molecule has 0 radical (unpaired) electrons. The Labute approximate surface area is 106 Å². The molecular weight excluding hydrogens is 270 g/mol. The molecule has 1 aromatic carbocycles. The second kappa shape index (κ2) is 6.30. The maximum atomic E-state index is 13.5. The van der Waals surface area contributed by atoms with E-state index in [-0.39, 0.29) is 18.5 Å². The number of carbonyl (C=O) groups is 2. The van der Waals surface area contributed by atoms with Crippen molar-refractivity contribution in [1.29, 1.82) is 0 Å². The Morgan fingerprint density at radius 2 is 2.17 bits per heavy atom. The topological polar surface area (TPSA) is 52.6 Å². The molecule has 0 bridgehead atoms. The van der Waals surface area contributed by atoms with Crippen molar-refractivity contribution >= 4 is 23.9 Å². The van der Waals surface area contributed by atoms with Crippen LogP contribution in [-0.4, -0.2) is 25.5 Å². The van der Waals surface area contributed by atoms with E-state index in [2.05, 4.69) is 9.47 Å². The third-order valence-corrected chi connectivity index (χ3v) is 2.30. The largest absolute Gasteiger partial charge is 0.476 e. The van der Waals surface area contributed by atoms with Crippen molar-refractivity contribution in [3.63, 3.8) is 0 Å². The summed E-state index contributed by atoms with van der Waals surface area (Å²) in [6.07, 6.45) is 0.212. The zero-order valence-electron chi connectivity index (χ0n) is 9.34. The number of halogens is 3. The van der Waals surface area contributed by atoms with Crippen LogP contribution in [0.15, 0.2) is 6.07 Å². The normalized spacial score (nSPS) is 10.0. The van der Waals surface area contributed by atoms with E-state index in [1.165, 1.54) is 0 Å². The number of aldehydes is 1. The van der Waals surface area contributed by atoms with Gasteiger partial charge in [0.15, 0.2) is 30.3 Å². The SMILES string of the molecule is CCOC(=O)COc1c(F)cc(C=O)c(Cl)c1F. The number of carbonyl (C=O) groups excluding carboxylic acids is 2. The molecular formula is C11H9ClF2O4. The molecule has 0 amide bonds. The average Bonchev–Trinajstić information content (AvgIpc) is 2.34. The monoisotopic (exact) mass is 278 g/mol. The van der Waals surface area contributed by atoms with Crippen LogP contribution in [0.4, 0.5) is 8.78 Å². The second-order valence-corrected chi connectivity index (χ2v) is 3.49. The number of hydrogen-bond acceptors (Lipinski definition) is 4. The molecule has 18 heavy (non-hydrogen) atoms. The lowest BCUT2D eigenvalue weighted by Crippen LogP contribution is -2.16. The van der Waals surface area contributed by atoms with Crippen molar-refractivity contribution in [2.45, 2.75) is 6.92 Å². The third-order valence-electron chi connectivity index (χ3n) is 1.91. The molecule has 0 N–H and O–H groups in total. The van der Waals surface area contributed by atoms with Crippen molar-refractivity contribution in [3.8, 4) is 5.75 Å². The summed E-state index contributed by atoms with van der Waals surface area (Å²) in [5.74, 6) is -3.95. The molecule has 7 heteroatoms. The molecule has 1 aromatic rings. The third kappa shape index (κ3) is 3.16. The molecule has 0 saturated heterocycles. The highest BCUT2D eigenvalue weighted by molar-refractivity contribution is 6.33. The van der Waals surface area contributed by atoms with E-state index < -0.39 is 35.0 Å². The minimum Gasteiger partial charge on any atom is -0.476 e. The Balaban J connectivity index is 2.93. The zero-order valence-corrected chi connectivity index (χ0v) is 10.1. The molecule has 1 rings (SSSR count). The lowest BCUT2D eigenvalue weighted by Gasteiger charge is -2.09. The lowest BCUT2D eigenvalue weighted by molar-refractivity contribution is -0.145. The highest BCUT2D eigenvalue weighted by atomic mass is 35.5. The van der Waals surface area contributed by atoms with Gasteiger partial charge in [-0.15, -0.1) is 0 Å². The van der Waals surface area contributed by atoms with E-state index in [1.54, 1.807) is 6.92 Å². The minimum absolute atomic E-state index is 0.123. The first-order valence-electron chi connectivity index (χ1n) is 4.92. The molecule has 0 aromatic heterocycles. The van der Waals surface area contributed by atoms with Crippen LogP contribution in [-0.2, 0) is 9.53 Å². The van der Waals surface area contributed by atoms with Gasteiger partial charge in [-0.3, -0.25) is 4.79 Å². The van der Waals surface area contributed by atoms with Crippen LogP contribution < -0.4 is 4.74 Å². The number of esters is 1. The van der Waals surface area contributed by atoms with Crippen molar-refractivity contribution in [1.82, 2.24) is 0 Å². The van der Waals surface area contributed by atoms with Crippen LogP contribution in [0, 0.1) is 11.6 Å². The molecule has 0 aliphatic carbocycles. The highest BCUT2D eigenvalue weighted by Crippen LogP contribution is 2.30. The average molecular weight is 279 g/mol. The molecule has 4 nitrogen and oxygen atoms in total. The van der Waals surface area contributed by atoms with Gasteiger partial charge in [0, 0.05) is 5.56 Å². The van der Waals surface area contributed by atoms with Gasteiger partial charge >= 0.3 is 5.97 Å². The molecule has 0 aliphatic rings. The smallest absolute Gasteiger partial charge is 0.344 e. The summed E-state index contributed by atoms with van der Waals surface area (Å²) in [5, 5.41) is -0.565. The van der Waals surface area contributed by atoms with Gasteiger partial charge in [0.05, 0.1) is 11.6 Å². The maximum Gasteiger partial charge on any atom is 0.344 e. The van der Waals surface area contributed by atoms with Gasteiger partial charge in [-0.05, 0) is 13.0 Å². The molecule has 0 spiro atoms. The van der Waals surface area contributed by atoms with E-state index in [0.717, 1.165) is 6.07 Å². The predicted molar refractivity (Wildman–Crippen MR) is 58.9 cm³/mol. The quantitative estimate of drug-likeness (QED) is 0.471. The second-order valence-electron chi connectivity index (χ2n) is 3.12. The number of ether oxygens (including phenoxy) is 2. The van der Waals surface area contributed by atoms with Crippen molar-refractivity contribution in [2.75, 3.05) is 13.2 Å². The van der Waals surface area contributed by atoms with Crippen LogP contribution >= 0.6 is 11.6 Å². The van der Waals surface area contributed by atoms with Crippen LogP contribution in [0.2, 0.25) is 5.02 Å². The highest BCUT2D eigenvalue weighted by Gasteiger charge is 2.19. The fourth-order valence-corrected chi connectivity index (χ4v) is 1.33. The first kappa shape index (κ1) is 14.4. The van der Waals surface area contributed by atoms with E-state index in [9.17, 15) is 18.4 Å². The first-order chi connectivity index (χ1) is 8.51. The van der Waals surface area contributed by atoms with Gasteiger partial charge < -0.3 is 9.47 Å². The number of rotatable bonds is 5. The van der Waals surface area contributed by atoms with E-state index in [1.807, 2.05) is 0 Å². The van der Waals surface area contributed by atoms with Crippen LogP contribution in [0.25, 0.3) is 0 Å². The molecule has 98 valence electrons. The van der Waals surface area contributed by atoms with Crippen molar-refractivity contribution in [2.24, 2.45) is 0 Å². The fraction of sp³-hybridized carbons (Fsp3) is 0.273. The summed E-state index contributed by atoms with van der Waals surface area (Å²) in [6.45, 7) is 1.05. The molecule has 0 fully saturated rings. The first-order valence-corrected chi connectivity index (χ1v) is 5.30. The summed E-state index contributed by atoms with van der Waals surface area (Å²) < 4.78 is 36.1. The van der Waals surface area contributed by atoms with Crippen LogP contribution in [0.3, 0.4) is 0 Å². The Morgan fingerprint density at radius 1 is 1.50 bits per heavy atom. The molecule has 0 aliphatic heterocycles. The Morgan fingerprint density at radius 3 is 2.72 bits per heavy atom. The van der Waals surface area contributed by atoms with E-state index in [4.69, 9.17) is 11.6 Å². The van der Waals surface area contributed by atoms with Crippen LogP contribution in [0.5, 0.6) is 5.75 Å². The predicted octanol–water partition coefficient (Wildman–Crippen LogP) is 2.37. The Kier molecular flexibility index (Phi) is 5.03. The molecule has 0 unspecified atom stereocenters. The summed E-state index contributed by atoms with van der Waals surface area (Å²) in [6, 6.07) is 0.721. The summed E-state index contributed by atoms with van der Waals surface area (Å²) >= 11 is 5.48. The molecule has 0 atom stereocenters. The molecule has 0 saturated carbocycles. The standard InChI is InChI=1S/C11H9ClF2O4/c1-2-17-8(16)5-18-11-7(13)3-6(4-15)9(12)10(11)14/h3-4H,2,5H2,1H3. The zero-order chi connectivity index (χ0) is 13.7. The van der Waals surface area contributed by atoms with Crippen molar-refractivity contribution in [3.05, 3.63) is 28.3 Å². The van der Waals surface area contributed by atoms with Gasteiger partial charge in [-0.1, -0.05) is 11.6 Å². The minimum atomic E-state index is -1.23. The summed E-state index contributed by atoms with van der Waals surface area (Å²) in [7, 11) is 0. The van der Waals surface area contributed by atoms with E-state index >= 15 is 0 Å². The fourth-order valence-electron chi connectivity index (χ4n) is 1.15. The maximum absolute atomic E-state index is 13.5. The Hall–Kier alpha value is -1.69. The van der Waals surface area contributed by atoms with Gasteiger partial charge in [0.1, 0.15) is 0 Å². The number of hydrogen-bond donors (Lipinski definition) is 0. The molecule has 0 heterocycles. The Bertz CT molecular complexity index is 477. The van der Waals surface area contributed by atoms with Gasteiger partial charge in [-0.2, -0.15) is 0 Å².